The highest BCUT2D eigenvalue weighted by molar-refractivity contribution is 14.0. The van der Waals surface area contributed by atoms with Gasteiger partial charge in [-0.05, 0) is 51.3 Å². The van der Waals surface area contributed by atoms with E-state index in [0.29, 0.717) is 13.1 Å². The van der Waals surface area contributed by atoms with Crippen LogP contribution >= 0.6 is 24.0 Å². The van der Waals surface area contributed by atoms with E-state index in [1.807, 2.05) is 49.9 Å². The SMILES string of the molecule is CCNC(=NCc1ccnc(N2CCCCCC2)c1)N(C)CC(=O)N(CC)CC.I. The lowest BCUT2D eigenvalue weighted by molar-refractivity contribution is -0.131. The zero-order valence-electron chi connectivity index (χ0n) is 19.1. The van der Waals surface area contributed by atoms with Gasteiger partial charge in [0.25, 0.3) is 0 Å². The van der Waals surface area contributed by atoms with Gasteiger partial charge in [-0.2, -0.15) is 0 Å². The van der Waals surface area contributed by atoms with Crippen molar-refractivity contribution in [2.75, 3.05) is 51.2 Å². The maximum atomic E-state index is 12.4. The van der Waals surface area contributed by atoms with Crippen molar-refractivity contribution in [3.05, 3.63) is 23.9 Å². The quantitative estimate of drug-likeness (QED) is 0.318. The maximum Gasteiger partial charge on any atom is 0.242 e. The number of carbonyl (C=O) groups is 1. The number of pyridine rings is 1. The minimum absolute atomic E-state index is 0. The number of halogens is 1. The van der Waals surface area contributed by atoms with Crippen LogP contribution in [0.2, 0.25) is 0 Å². The zero-order chi connectivity index (χ0) is 21.1. The van der Waals surface area contributed by atoms with Gasteiger partial charge < -0.3 is 20.0 Å². The molecule has 1 aromatic heterocycles. The largest absolute Gasteiger partial charge is 0.357 e. The fourth-order valence-electron chi connectivity index (χ4n) is 3.62. The number of likely N-dealkylation sites (N-methyl/N-ethyl adjacent to an activating group) is 2. The van der Waals surface area contributed by atoms with Gasteiger partial charge in [-0.1, -0.05) is 12.8 Å². The average Bonchev–Trinajstić information content (AvgIpc) is 3.01. The number of aliphatic imine (C=N–C) groups is 1. The van der Waals surface area contributed by atoms with E-state index in [4.69, 9.17) is 4.99 Å². The highest BCUT2D eigenvalue weighted by atomic mass is 127. The second kappa shape index (κ2) is 14.4. The van der Waals surface area contributed by atoms with Crippen LogP contribution in [0.15, 0.2) is 23.3 Å². The molecule has 1 N–H and O–H groups in total. The molecule has 0 spiro atoms. The molecule has 0 atom stereocenters. The van der Waals surface area contributed by atoms with Crippen LogP contribution in [0.1, 0.15) is 52.0 Å². The molecule has 2 rings (SSSR count). The second-order valence-corrected chi connectivity index (χ2v) is 7.52. The van der Waals surface area contributed by atoms with Gasteiger partial charge in [0.15, 0.2) is 5.96 Å². The van der Waals surface area contributed by atoms with Gasteiger partial charge in [0.1, 0.15) is 5.82 Å². The predicted octanol–water partition coefficient (Wildman–Crippen LogP) is 3.35. The third kappa shape index (κ3) is 8.28. The molecule has 1 aliphatic rings. The molecule has 1 fully saturated rings. The molecule has 1 saturated heterocycles. The fraction of sp³-hybridized carbons (Fsp3) is 0.682. The van der Waals surface area contributed by atoms with E-state index in [0.717, 1.165) is 50.1 Å². The third-order valence-electron chi connectivity index (χ3n) is 5.34. The number of carbonyl (C=O) groups excluding carboxylic acids is 1. The van der Waals surface area contributed by atoms with Gasteiger partial charge in [0.2, 0.25) is 5.91 Å². The summed E-state index contributed by atoms with van der Waals surface area (Å²) in [7, 11) is 1.91. The Morgan fingerprint density at radius 2 is 1.83 bits per heavy atom. The highest BCUT2D eigenvalue weighted by Gasteiger charge is 2.15. The van der Waals surface area contributed by atoms with Gasteiger partial charge >= 0.3 is 0 Å². The number of hydrogen-bond donors (Lipinski definition) is 1. The Bertz CT molecular complexity index is 657. The van der Waals surface area contributed by atoms with Crippen molar-refractivity contribution >= 4 is 41.7 Å². The second-order valence-electron chi connectivity index (χ2n) is 7.52. The van der Waals surface area contributed by atoms with Crippen molar-refractivity contribution in [3.63, 3.8) is 0 Å². The van der Waals surface area contributed by atoms with Crippen LogP contribution in [0, 0.1) is 0 Å². The Kier molecular flexibility index (Phi) is 12.7. The van der Waals surface area contributed by atoms with Crippen molar-refractivity contribution in [3.8, 4) is 0 Å². The first-order valence-corrected chi connectivity index (χ1v) is 11.1. The minimum Gasteiger partial charge on any atom is -0.357 e. The Morgan fingerprint density at radius 3 is 2.43 bits per heavy atom. The maximum absolute atomic E-state index is 12.4. The van der Waals surface area contributed by atoms with Crippen molar-refractivity contribution in [2.45, 2.75) is 53.0 Å². The zero-order valence-corrected chi connectivity index (χ0v) is 21.4. The van der Waals surface area contributed by atoms with Crippen LogP contribution < -0.4 is 10.2 Å². The summed E-state index contributed by atoms with van der Waals surface area (Å²) in [4.78, 5) is 27.9. The summed E-state index contributed by atoms with van der Waals surface area (Å²) in [6.07, 6.45) is 6.97. The monoisotopic (exact) mass is 530 g/mol. The molecule has 0 saturated carbocycles. The van der Waals surface area contributed by atoms with Gasteiger partial charge in [-0.15, -0.1) is 24.0 Å². The van der Waals surface area contributed by atoms with Gasteiger partial charge in [-0.25, -0.2) is 9.98 Å². The fourth-order valence-corrected chi connectivity index (χ4v) is 3.62. The summed E-state index contributed by atoms with van der Waals surface area (Å²) in [6, 6.07) is 4.18. The summed E-state index contributed by atoms with van der Waals surface area (Å²) in [5.74, 6) is 1.92. The Hall–Kier alpha value is -1.58. The molecule has 170 valence electrons. The number of amides is 1. The van der Waals surface area contributed by atoms with E-state index in [1.54, 1.807) is 0 Å². The number of aromatic nitrogens is 1. The number of rotatable bonds is 8. The summed E-state index contributed by atoms with van der Waals surface area (Å²) >= 11 is 0. The van der Waals surface area contributed by atoms with E-state index in [9.17, 15) is 4.79 Å². The van der Waals surface area contributed by atoms with E-state index in [-0.39, 0.29) is 29.9 Å². The lowest BCUT2D eigenvalue weighted by Crippen LogP contribution is -2.45. The first-order valence-electron chi connectivity index (χ1n) is 11.1. The van der Waals surface area contributed by atoms with Crippen LogP contribution in [0.5, 0.6) is 0 Å². The van der Waals surface area contributed by atoms with Crippen molar-refractivity contribution in [1.82, 2.24) is 20.1 Å². The first-order chi connectivity index (χ1) is 14.1. The number of nitrogens with one attached hydrogen (secondary N) is 1. The summed E-state index contributed by atoms with van der Waals surface area (Å²) in [6.45, 7) is 11.3. The molecule has 8 heteroatoms. The van der Waals surface area contributed by atoms with Crippen LogP contribution in [0.25, 0.3) is 0 Å². The summed E-state index contributed by atoms with van der Waals surface area (Å²) < 4.78 is 0. The lowest BCUT2D eigenvalue weighted by Gasteiger charge is -2.25. The Labute approximate surface area is 199 Å². The molecule has 0 aromatic carbocycles. The molecule has 0 aliphatic carbocycles. The molecule has 7 nitrogen and oxygen atoms in total. The number of guanidine groups is 1. The molecule has 1 aliphatic heterocycles. The minimum atomic E-state index is 0. The van der Waals surface area contributed by atoms with E-state index in [1.165, 1.54) is 25.7 Å². The molecular weight excluding hydrogens is 491 g/mol. The van der Waals surface area contributed by atoms with Gasteiger partial charge in [-0.3, -0.25) is 4.79 Å². The Morgan fingerprint density at radius 1 is 1.17 bits per heavy atom. The topological polar surface area (TPSA) is 64.1 Å². The molecule has 1 amide bonds. The normalized spacial score (nSPS) is 14.5. The van der Waals surface area contributed by atoms with Gasteiger partial charge in [0, 0.05) is 46.0 Å². The number of nitrogens with zero attached hydrogens (tertiary/aromatic N) is 5. The van der Waals surface area contributed by atoms with E-state index in [2.05, 4.69) is 21.3 Å². The highest BCUT2D eigenvalue weighted by Crippen LogP contribution is 2.18. The van der Waals surface area contributed by atoms with Crippen LogP contribution in [-0.2, 0) is 11.3 Å². The molecular formula is C22H39IN6O. The van der Waals surface area contributed by atoms with E-state index < -0.39 is 0 Å². The molecule has 2 heterocycles. The van der Waals surface area contributed by atoms with Crippen LogP contribution in [0.4, 0.5) is 5.82 Å². The Balaban J connectivity index is 0.00000450. The average molecular weight is 530 g/mol. The summed E-state index contributed by atoms with van der Waals surface area (Å²) in [5, 5.41) is 3.30. The molecule has 1 aromatic rings. The standard InChI is InChI=1S/C22H38N6O.HI/c1-5-23-22(26(4)18-21(29)27(6-2)7-3)25-17-19-12-13-24-20(16-19)28-14-10-8-9-11-15-28;/h12-13,16H,5-11,14-15,17-18H2,1-4H3,(H,23,25);1H. The van der Waals surface area contributed by atoms with Gasteiger partial charge in [0.05, 0.1) is 13.1 Å². The molecule has 30 heavy (non-hydrogen) atoms. The lowest BCUT2D eigenvalue weighted by atomic mass is 10.2. The predicted molar refractivity (Wildman–Crippen MR) is 136 cm³/mol. The van der Waals surface area contributed by atoms with Crippen molar-refractivity contribution in [1.29, 1.82) is 0 Å². The number of anilines is 1. The molecule has 0 bridgehead atoms. The third-order valence-corrected chi connectivity index (χ3v) is 5.34. The van der Waals surface area contributed by atoms with E-state index >= 15 is 0 Å². The van der Waals surface area contributed by atoms with Crippen LogP contribution in [-0.4, -0.2) is 73.0 Å². The smallest absolute Gasteiger partial charge is 0.242 e. The first kappa shape index (κ1) is 26.5. The summed E-state index contributed by atoms with van der Waals surface area (Å²) in [5.41, 5.74) is 1.14. The number of hydrogen-bond acceptors (Lipinski definition) is 4. The van der Waals surface area contributed by atoms with Crippen LogP contribution in [0.3, 0.4) is 0 Å². The van der Waals surface area contributed by atoms with Crippen molar-refractivity contribution < 1.29 is 4.79 Å². The van der Waals surface area contributed by atoms with Crippen molar-refractivity contribution in [2.24, 2.45) is 4.99 Å². The molecule has 0 unspecified atom stereocenters. The molecule has 0 radical (unpaired) electrons.